The maximum absolute atomic E-state index is 12.1. The predicted octanol–water partition coefficient (Wildman–Crippen LogP) is 5.20. The lowest BCUT2D eigenvalue weighted by Gasteiger charge is -2.36. The van der Waals surface area contributed by atoms with Gasteiger partial charge in [-0.3, -0.25) is 14.8 Å². The Labute approximate surface area is 239 Å². The van der Waals surface area contributed by atoms with E-state index in [1.165, 1.54) is 4.90 Å². The maximum atomic E-state index is 12.1. The minimum atomic E-state index is -0.530. The lowest BCUT2D eigenvalue weighted by Crippen LogP contribution is -2.31. The Bertz CT molecular complexity index is 1210. The number of carbonyl (C=O) groups excluding carboxylic acids is 2. The van der Waals surface area contributed by atoms with Crippen LogP contribution in [0.15, 0.2) is 83.8 Å². The van der Waals surface area contributed by atoms with Gasteiger partial charge >= 0.3 is 0 Å². The van der Waals surface area contributed by atoms with Crippen LogP contribution in [0.2, 0.25) is 0 Å². The highest BCUT2D eigenvalue weighted by atomic mass is 32.2. The first-order chi connectivity index (χ1) is 19.5. The summed E-state index contributed by atoms with van der Waals surface area (Å²) in [5.41, 5.74) is 5.37. The molecular formula is C31H36N2O6S. The number of aliphatic hydroxyl groups is 1. The number of amides is 2. The number of nitrogens with one attached hydrogen (secondary N) is 2. The van der Waals surface area contributed by atoms with Crippen LogP contribution < -0.4 is 10.8 Å². The van der Waals surface area contributed by atoms with Crippen molar-refractivity contribution in [3.63, 3.8) is 0 Å². The van der Waals surface area contributed by atoms with E-state index in [0.29, 0.717) is 25.8 Å². The van der Waals surface area contributed by atoms with Gasteiger partial charge in [-0.2, -0.15) is 0 Å². The summed E-state index contributed by atoms with van der Waals surface area (Å²) in [6.07, 6.45) is 1.65. The van der Waals surface area contributed by atoms with Crippen molar-refractivity contribution < 1.29 is 29.4 Å². The van der Waals surface area contributed by atoms with Crippen LogP contribution in [0.5, 0.6) is 0 Å². The first kappa shape index (κ1) is 29.8. The minimum absolute atomic E-state index is 0.00400. The van der Waals surface area contributed by atoms with Gasteiger partial charge in [-0.1, -0.05) is 66.7 Å². The van der Waals surface area contributed by atoms with Crippen LogP contribution in [0.4, 0.5) is 0 Å². The van der Waals surface area contributed by atoms with Crippen molar-refractivity contribution in [1.29, 1.82) is 0 Å². The second-order valence-corrected chi connectivity index (χ2v) is 10.8. The summed E-state index contributed by atoms with van der Waals surface area (Å²) in [7, 11) is 0. The zero-order valence-electron chi connectivity index (χ0n) is 22.3. The molecule has 0 unspecified atom stereocenters. The quantitative estimate of drug-likeness (QED) is 0.0976. The van der Waals surface area contributed by atoms with Gasteiger partial charge in [-0.25, -0.2) is 5.48 Å². The van der Waals surface area contributed by atoms with E-state index in [9.17, 15) is 14.7 Å². The molecule has 0 spiro atoms. The van der Waals surface area contributed by atoms with Crippen LogP contribution in [0.1, 0.15) is 66.8 Å². The number of hydrogen-bond acceptors (Lipinski definition) is 7. The average molecular weight is 565 g/mol. The molecule has 0 bridgehead atoms. The number of thioether (sulfide) groups is 1. The minimum Gasteiger partial charge on any atom is -0.392 e. The number of aliphatic hydroxyl groups excluding tert-OH is 1. The first-order valence-electron chi connectivity index (χ1n) is 13.5. The topological polar surface area (TPSA) is 117 Å². The van der Waals surface area contributed by atoms with Crippen LogP contribution >= 0.6 is 11.8 Å². The Morgan fingerprint density at radius 2 is 1.48 bits per heavy atom. The van der Waals surface area contributed by atoms with E-state index in [1.807, 2.05) is 66.7 Å². The fraction of sp³-hybridized carbons (Fsp3) is 0.355. The molecule has 4 rings (SSSR count). The van der Waals surface area contributed by atoms with E-state index in [4.69, 9.17) is 14.7 Å². The normalized spacial score (nSPS) is 18.7. The van der Waals surface area contributed by atoms with Gasteiger partial charge in [0.05, 0.1) is 18.8 Å². The van der Waals surface area contributed by atoms with E-state index in [-0.39, 0.29) is 31.1 Å². The Balaban J connectivity index is 1.35. The summed E-state index contributed by atoms with van der Waals surface area (Å²) in [6, 6.07) is 26.0. The van der Waals surface area contributed by atoms with Crippen LogP contribution in [-0.4, -0.2) is 34.0 Å². The number of unbranched alkanes of at least 4 members (excludes halogenated alkanes) is 1. The maximum Gasteiger partial charge on any atom is 0.243 e. The monoisotopic (exact) mass is 564 g/mol. The van der Waals surface area contributed by atoms with E-state index >= 15 is 0 Å². The van der Waals surface area contributed by atoms with Gasteiger partial charge in [0.25, 0.3) is 0 Å². The average Bonchev–Trinajstić information content (AvgIpc) is 3.01. The third kappa shape index (κ3) is 9.18. The largest absolute Gasteiger partial charge is 0.392 e. The summed E-state index contributed by atoms with van der Waals surface area (Å²) in [4.78, 5) is 24.4. The summed E-state index contributed by atoms with van der Waals surface area (Å²) in [5, 5.41) is 20.8. The Hall–Kier alpha value is -3.21. The molecular weight excluding hydrogens is 528 g/mol. The molecule has 0 aliphatic carbocycles. The Morgan fingerprint density at radius 3 is 2.15 bits per heavy atom. The molecule has 1 saturated heterocycles. The van der Waals surface area contributed by atoms with Crippen LogP contribution in [-0.2, 0) is 32.2 Å². The van der Waals surface area contributed by atoms with Crippen molar-refractivity contribution in [1.82, 2.24) is 10.8 Å². The molecule has 1 aliphatic rings. The fourth-order valence-electron chi connectivity index (χ4n) is 4.44. The fourth-order valence-corrected chi connectivity index (χ4v) is 5.38. The van der Waals surface area contributed by atoms with E-state index in [1.54, 1.807) is 17.2 Å². The molecule has 40 heavy (non-hydrogen) atoms. The van der Waals surface area contributed by atoms with Crippen molar-refractivity contribution >= 4 is 23.6 Å². The lowest BCUT2D eigenvalue weighted by molar-refractivity contribution is -0.245. The second kappa shape index (κ2) is 15.5. The SMILES string of the molecule is O=C(CCCCC(=O)NCc1ccc([C@H]2O[C@@H](CSc3ccccc3)C[C@@H](c3ccc(CO)cc3)O2)cc1)NO. The molecule has 3 aromatic carbocycles. The molecule has 9 heteroatoms. The summed E-state index contributed by atoms with van der Waals surface area (Å²) in [6.45, 7) is 0.406. The summed E-state index contributed by atoms with van der Waals surface area (Å²) in [5.74, 6) is 0.268. The number of ether oxygens (including phenoxy) is 2. The first-order valence-corrected chi connectivity index (χ1v) is 14.5. The van der Waals surface area contributed by atoms with Gasteiger partial charge in [-0.05, 0) is 41.7 Å². The van der Waals surface area contributed by atoms with Gasteiger partial charge in [0.15, 0.2) is 6.29 Å². The van der Waals surface area contributed by atoms with Gasteiger partial charge in [0.2, 0.25) is 11.8 Å². The zero-order valence-corrected chi connectivity index (χ0v) is 23.1. The van der Waals surface area contributed by atoms with Crippen LogP contribution in [0.25, 0.3) is 0 Å². The standard InChI is InChI=1S/C31H36N2O6S/c34-20-23-12-14-24(15-13-23)28-18-26(21-40-27-6-2-1-3-7-27)38-31(39-28)25-16-10-22(11-17-25)19-32-29(35)8-4-5-9-30(36)33-37/h1-3,6-7,10-17,26,28,31,34,37H,4-5,8-9,18-21H2,(H,32,35)(H,33,36)/t26-,28+,31+/m1/s1. The number of hydrogen-bond donors (Lipinski definition) is 4. The van der Waals surface area contributed by atoms with E-state index in [0.717, 1.165) is 34.4 Å². The molecule has 0 radical (unpaired) electrons. The van der Waals surface area contributed by atoms with E-state index < -0.39 is 12.2 Å². The Morgan fingerprint density at radius 1 is 0.825 bits per heavy atom. The summed E-state index contributed by atoms with van der Waals surface area (Å²) < 4.78 is 12.8. The van der Waals surface area contributed by atoms with Crippen LogP contribution in [0.3, 0.4) is 0 Å². The van der Waals surface area contributed by atoms with Crippen molar-refractivity contribution in [2.75, 3.05) is 5.75 Å². The van der Waals surface area contributed by atoms with Gasteiger partial charge < -0.3 is 19.9 Å². The molecule has 1 fully saturated rings. The molecule has 0 saturated carbocycles. The molecule has 212 valence electrons. The number of benzene rings is 3. The molecule has 2 amide bonds. The van der Waals surface area contributed by atoms with Crippen molar-refractivity contribution in [2.24, 2.45) is 0 Å². The number of hydroxylamine groups is 1. The second-order valence-electron chi connectivity index (χ2n) is 9.73. The number of rotatable bonds is 13. The van der Waals surface area contributed by atoms with Gasteiger partial charge in [0, 0.05) is 42.0 Å². The Kier molecular flexibility index (Phi) is 11.6. The van der Waals surface area contributed by atoms with Crippen molar-refractivity contribution in [2.45, 2.75) is 68.6 Å². The summed E-state index contributed by atoms with van der Waals surface area (Å²) >= 11 is 1.76. The number of carbonyl (C=O) groups is 2. The highest BCUT2D eigenvalue weighted by molar-refractivity contribution is 7.99. The van der Waals surface area contributed by atoms with Gasteiger partial charge in [-0.15, -0.1) is 11.8 Å². The molecule has 3 aromatic rings. The molecule has 1 aliphatic heterocycles. The smallest absolute Gasteiger partial charge is 0.243 e. The lowest BCUT2D eigenvalue weighted by atomic mass is 10.0. The molecule has 8 nitrogen and oxygen atoms in total. The van der Waals surface area contributed by atoms with Crippen LogP contribution in [0, 0.1) is 0 Å². The molecule has 1 heterocycles. The zero-order chi connectivity index (χ0) is 28.2. The van der Waals surface area contributed by atoms with Crippen molar-refractivity contribution in [3.05, 3.63) is 101 Å². The predicted molar refractivity (Wildman–Crippen MR) is 152 cm³/mol. The molecule has 4 N–H and O–H groups in total. The van der Waals surface area contributed by atoms with Crippen molar-refractivity contribution in [3.8, 4) is 0 Å². The highest BCUT2D eigenvalue weighted by Gasteiger charge is 2.32. The molecule has 0 aromatic heterocycles. The highest BCUT2D eigenvalue weighted by Crippen LogP contribution is 2.39. The van der Waals surface area contributed by atoms with E-state index in [2.05, 4.69) is 17.4 Å². The third-order valence-corrected chi connectivity index (χ3v) is 7.86. The van der Waals surface area contributed by atoms with Gasteiger partial charge in [0.1, 0.15) is 0 Å². The third-order valence-electron chi connectivity index (χ3n) is 6.72. The molecule has 3 atom stereocenters.